The van der Waals surface area contributed by atoms with Gasteiger partial charge in [0.15, 0.2) is 0 Å². The Kier molecular flexibility index (Phi) is 3.37. The van der Waals surface area contributed by atoms with Crippen molar-refractivity contribution >= 4 is 0 Å². The minimum atomic E-state index is -0.112. The molecule has 1 N–H and O–H groups in total. The maximum atomic E-state index is 8.69. The molecule has 0 bridgehead atoms. The number of aromatic nitrogens is 2. The Labute approximate surface area is 94.4 Å². The molecular weight excluding hydrogens is 200 g/mol. The van der Waals surface area contributed by atoms with Crippen molar-refractivity contribution in [3.63, 3.8) is 0 Å². The third kappa shape index (κ3) is 2.50. The Bertz CT molecular complexity index is 506. The first-order valence-corrected chi connectivity index (χ1v) is 5.03. The summed E-state index contributed by atoms with van der Waals surface area (Å²) in [6.45, 7) is 0.635. The fraction of sp³-hybridized carbons (Fsp3) is 0.154. The van der Waals surface area contributed by atoms with Crippen molar-refractivity contribution in [3.05, 3.63) is 54.1 Å². The van der Waals surface area contributed by atoms with Crippen molar-refractivity contribution in [3.8, 4) is 11.8 Å². The molecule has 0 aliphatic rings. The second kappa shape index (κ2) is 5.15. The molecule has 3 nitrogen and oxygen atoms in total. The lowest BCUT2D eigenvalue weighted by Crippen LogP contribution is -1.98. The molecule has 1 aromatic carbocycles. The molecule has 0 amide bonds. The van der Waals surface area contributed by atoms with E-state index in [2.05, 4.69) is 16.8 Å². The minimum Gasteiger partial charge on any atom is -0.384 e. The van der Waals surface area contributed by atoms with Crippen molar-refractivity contribution in [2.45, 2.75) is 6.54 Å². The third-order valence-corrected chi connectivity index (χ3v) is 2.23. The summed E-state index contributed by atoms with van der Waals surface area (Å²) >= 11 is 0. The van der Waals surface area contributed by atoms with E-state index in [9.17, 15) is 0 Å². The van der Waals surface area contributed by atoms with Gasteiger partial charge in [-0.2, -0.15) is 0 Å². The van der Waals surface area contributed by atoms with Crippen molar-refractivity contribution in [2.24, 2.45) is 0 Å². The summed E-state index contributed by atoms with van der Waals surface area (Å²) in [6, 6.07) is 7.91. The van der Waals surface area contributed by atoms with Gasteiger partial charge in [-0.05, 0) is 11.6 Å². The fourth-order valence-electron chi connectivity index (χ4n) is 1.49. The van der Waals surface area contributed by atoms with Crippen molar-refractivity contribution < 1.29 is 5.11 Å². The fourth-order valence-corrected chi connectivity index (χ4v) is 1.49. The highest BCUT2D eigenvalue weighted by atomic mass is 16.2. The van der Waals surface area contributed by atoms with E-state index in [1.54, 1.807) is 12.5 Å². The molecule has 0 saturated heterocycles. The molecule has 0 fully saturated rings. The topological polar surface area (TPSA) is 38.0 Å². The molecule has 0 aliphatic carbocycles. The molecule has 1 aromatic heterocycles. The first kappa shape index (κ1) is 10.5. The monoisotopic (exact) mass is 212 g/mol. The van der Waals surface area contributed by atoms with Crippen LogP contribution >= 0.6 is 0 Å². The first-order chi connectivity index (χ1) is 7.90. The molecule has 0 atom stereocenters. The van der Waals surface area contributed by atoms with E-state index in [4.69, 9.17) is 5.11 Å². The molecule has 2 aromatic rings. The van der Waals surface area contributed by atoms with Gasteiger partial charge < -0.3 is 9.67 Å². The summed E-state index contributed by atoms with van der Waals surface area (Å²) < 4.78 is 1.99. The predicted molar refractivity (Wildman–Crippen MR) is 61.7 cm³/mol. The molecule has 16 heavy (non-hydrogen) atoms. The van der Waals surface area contributed by atoms with Crippen LogP contribution in [0.1, 0.15) is 11.1 Å². The lowest BCUT2D eigenvalue weighted by molar-refractivity contribution is 0.350. The summed E-state index contributed by atoms with van der Waals surface area (Å²) in [7, 11) is 0. The van der Waals surface area contributed by atoms with E-state index in [-0.39, 0.29) is 6.61 Å². The van der Waals surface area contributed by atoms with Crippen LogP contribution < -0.4 is 0 Å². The van der Waals surface area contributed by atoms with Crippen LogP contribution in [0.5, 0.6) is 0 Å². The van der Waals surface area contributed by atoms with Gasteiger partial charge >= 0.3 is 0 Å². The van der Waals surface area contributed by atoms with Gasteiger partial charge in [-0.3, -0.25) is 0 Å². The number of nitrogens with zero attached hydrogens (tertiary/aromatic N) is 2. The van der Waals surface area contributed by atoms with Gasteiger partial charge in [-0.15, -0.1) is 0 Å². The number of imidazole rings is 1. The van der Waals surface area contributed by atoms with Crippen LogP contribution in [0.15, 0.2) is 43.0 Å². The maximum absolute atomic E-state index is 8.69. The molecule has 2 rings (SSSR count). The number of aliphatic hydroxyl groups is 1. The number of hydrogen-bond acceptors (Lipinski definition) is 2. The van der Waals surface area contributed by atoms with Crippen LogP contribution in [0.4, 0.5) is 0 Å². The summed E-state index contributed by atoms with van der Waals surface area (Å²) in [6.07, 6.45) is 5.44. The lowest BCUT2D eigenvalue weighted by Gasteiger charge is -2.04. The van der Waals surface area contributed by atoms with Gasteiger partial charge in [0.05, 0.1) is 6.33 Å². The van der Waals surface area contributed by atoms with Gasteiger partial charge in [0, 0.05) is 24.5 Å². The largest absolute Gasteiger partial charge is 0.384 e. The van der Waals surface area contributed by atoms with Gasteiger partial charge in [0.1, 0.15) is 6.61 Å². The summed E-state index contributed by atoms with van der Waals surface area (Å²) in [5, 5.41) is 8.69. The molecule has 80 valence electrons. The SMILES string of the molecule is OCC#Cc1ccccc1Cn1ccnc1. The van der Waals surface area contributed by atoms with Crippen LogP contribution in [0.3, 0.4) is 0 Å². The summed E-state index contributed by atoms with van der Waals surface area (Å²) in [4.78, 5) is 4.00. The normalized spacial score (nSPS) is 9.56. The van der Waals surface area contributed by atoms with E-state index < -0.39 is 0 Å². The van der Waals surface area contributed by atoms with Crippen LogP contribution in [0, 0.1) is 11.8 Å². The second-order valence-corrected chi connectivity index (χ2v) is 3.35. The molecule has 0 unspecified atom stereocenters. The van der Waals surface area contributed by atoms with Gasteiger partial charge in [-0.1, -0.05) is 30.0 Å². The lowest BCUT2D eigenvalue weighted by atomic mass is 10.1. The van der Waals surface area contributed by atoms with Gasteiger partial charge in [-0.25, -0.2) is 4.98 Å². The molecule has 1 heterocycles. The Hall–Kier alpha value is -2.05. The van der Waals surface area contributed by atoms with E-state index in [0.717, 1.165) is 17.7 Å². The third-order valence-electron chi connectivity index (χ3n) is 2.23. The average molecular weight is 212 g/mol. The molecule has 0 spiro atoms. The standard InChI is InChI=1S/C13H12N2O/c16-9-3-6-12-4-1-2-5-13(12)10-15-8-7-14-11-15/h1-2,4-5,7-8,11,16H,9-10H2. The number of aliphatic hydroxyl groups excluding tert-OH is 1. The molecule has 3 heteroatoms. The van der Waals surface area contributed by atoms with E-state index in [0.29, 0.717) is 0 Å². The Morgan fingerprint density at radius 1 is 1.31 bits per heavy atom. The van der Waals surface area contributed by atoms with Crippen LogP contribution in [-0.4, -0.2) is 21.3 Å². The van der Waals surface area contributed by atoms with E-state index in [1.807, 2.05) is 35.0 Å². The van der Waals surface area contributed by atoms with Crippen LogP contribution in [-0.2, 0) is 6.54 Å². The minimum absolute atomic E-state index is 0.112. The highest BCUT2D eigenvalue weighted by molar-refractivity contribution is 5.41. The highest BCUT2D eigenvalue weighted by Gasteiger charge is 1.99. The average Bonchev–Trinajstić information content (AvgIpc) is 2.81. The van der Waals surface area contributed by atoms with Crippen LogP contribution in [0.25, 0.3) is 0 Å². The first-order valence-electron chi connectivity index (χ1n) is 5.03. The maximum Gasteiger partial charge on any atom is 0.104 e. The number of benzene rings is 1. The molecule has 0 aliphatic heterocycles. The number of hydrogen-bond donors (Lipinski definition) is 1. The predicted octanol–water partition coefficient (Wildman–Crippen LogP) is 1.28. The zero-order valence-electron chi connectivity index (χ0n) is 8.80. The quantitative estimate of drug-likeness (QED) is 0.761. The Balaban J connectivity index is 2.26. The van der Waals surface area contributed by atoms with Crippen LogP contribution in [0.2, 0.25) is 0 Å². The van der Waals surface area contributed by atoms with Crippen molar-refractivity contribution in [1.29, 1.82) is 0 Å². The van der Waals surface area contributed by atoms with Crippen molar-refractivity contribution in [1.82, 2.24) is 9.55 Å². The van der Waals surface area contributed by atoms with Crippen molar-refractivity contribution in [2.75, 3.05) is 6.61 Å². The zero-order chi connectivity index (χ0) is 11.2. The summed E-state index contributed by atoms with van der Waals surface area (Å²) in [5.74, 6) is 5.61. The van der Waals surface area contributed by atoms with E-state index >= 15 is 0 Å². The van der Waals surface area contributed by atoms with E-state index in [1.165, 1.54) is 0 Å². The smallest absolute Gasteiger partial charge is 0.104 e. The van der Waals surface area contributed by atoms with Gasteiger partial charge in [0.2, 0.25) is 0 Å². The number of rotatable bonds is 2. The second-order valence-electron chi connectivity index (χ2n) is 3.35. The van der Waals surface area contributed by atoms with Gasteiger partial charge in [0.25, 0.3) is 0 Å². The molecule has 0 radical (unpaired) electrons. The Morgan fingerprint density at radius 2 is 2.19 bits per heavy atom. The Morgan fingerprint density at radius 3 is 2.94 bits per heavy atom. The molecular formula is C13H12N2O. The zero-order valence-corrected chi connectivity index (χ0v) is 8.80. The molecule has 0 saturated carbocycles. The summed E-state index contributed by atoms with van der Waals surface area (Å²) in [5.41, 5.74) is 2.08. The highest BCUT2D eigenvalue weighted by Crippen LogP contribution is 2.09.